The van der Waals surface area contributed by atoms with Crippen LogP contribution in [0.3, 0.4) is 0 Å². The van der Waals surface area contributed by atoms with Crippen LogP contribution in [0.15, 0.2) is 42.5 Å². The van der Waals surface area contributed by atoms with Gasteiger partial charge < -0.3 is 14.4 Å². The minimum Gasteiger partial charge on any atom is -0.497 e. The zero-order valence-corrected chi connectivity index (χ0v) is 15.4. The lowest BCUT2D eigenvalue weighted by molar-refractivity contribution is -0.137. The van der Waals surface area contributed by atoms with Crippen LogP contribution in [-0.2, 0) is 12.7 Å². The molecule has 0 aliphatic carbocycles. The van der Waals surface area contributed by atoms with E-state index in [1.165, 1.54) is 12.1 Å². The van der Waals surface area contributed by atoms with E-state index in [0.29, 0.717) is 18.8 Å². The number of ether oxygens (including phenoxy) is 2. The summed E-state index contributed by atoms with van der Waals surface area (Å²) in [7, 11) is 3.24. The van der Waals surface area contributed by atoms with Crippen LogP contribution in [0.5, 0.6) is 11.5 Å². The number of hydrogen-bond acceptors (Lipinski definition) is 4. The molecule has 1 heterocycles. The number of anilines is 1. The second kappa shape index (κ2) is 8.08. The summed E-state index contributed by atoms with van der Waals surface area (Å²) in [6.45, 7) is 3.63. The average molecular weight is 380 g/mol. The maximum absolute atomic E-state index is 12.9. The van der Waals surface area contributed by atoms with Gasteiger partial charge in [-0.3, -0.25) is 4.90 Å². The average Bonchev–Trinajstić information content (AvgIpc) is 2.68. The second-order valence-electron chi connectivity index (χ2n) is 6.49. The number of halogens is 3. The van der Waals surface area contributed by atoms with Gasteiger partial charge in [-0.1, -0.05) is 12.1 Å². The molecule has 4 nitrogen and oxygen atoms in total. The molecular weight excluding hydrogens is 357 g/mol. The van der Waals surface area contributed by atoms with E-state index in [0.717, 1.165) is 42.8 Å². The fourth-order valence-electron chi connectivity index (χ4n) is 3.27. The van der Waals surface area contributed by atoms with E-state index in [9.17, 15) is 13.2 Å². The highest BCUT2D eigenvalue weighted by Crippen LogP contribution is 2.32. The van der Waals surface area contributed by atoms with Crippen LogP contribution in [0.25, 0.3) is 0 Å². The molecule has 1 saturated heterocycles. The molecular formula is C20H23F3N2O2. The third-order valence-electron chi connectivity index (χ3n) is 4.80. The van der Waals surface area contributed by atoms with Gasteiger partial charge in [0.25, 0.3) is 0 Å². The summed E-state index contributed by atoms with van der Waals surface area (Å²) in [5, 5.41) is 0. The van der Waals surface area contributed by atoms with Crippen molar-refractivity contribution in [3.63, 3.8) is 0 Å². The first-order valence-corrected chi connectivity index (χ1v) is 8.76. The van der Waals surface area contributed by atoms with Gasteiger partial charge in [-0.2, -0.15) is 13.2 Å². The molecule has 146 valence electrons. The molecule has 0 atom stereocenters. The Labute approximate surface area is 157 Å². The van der Waals surface area contributed by atoms with Gasteiger partial charge in [-0.15, -0.1) is 0 Å². The predicted octanol–water partition coefficient (Wildman–Crippen LogP) is 4.04. The van der Waals surface area contributed by atoms with Crippen molar-refractivity contribution in [2.45, 2.75) is 12.7 Å². The molecule has 1 fully saturated rings. The summed E-state index contributed by atoms with van der Waals surface area (Å²) < 4.78 is 49.4. The number of piperazine rings is 1. The smallest absolute Gasteiger partial charge is 0.416 e. The Kier molecular flexibility index (Phi) is 5.79. The minimum absolute atomic E-state index is 0.606. The first-order chi connectivity index (χ1) is 12.9. The maximum atomic E-state index is 12.9. The zero-order valence-electron chi connectivity index (χ0n) is 15.4. The highest BCUT2D eigenvalue weighted by Gasteiger charge is 2.31. The SMILES string of the molecule is COc1ccc(CN2CCN(c3cccc(C(F)(F)F)c3)CC2)c(OC)c1. The number of alkyl halides is 3. The first-order valence-electron chi connectivity index (χ1n) is 8.76. The van der Waals surface area contributed by atoms with E-state index < -0.39 is 11.7 Å². The fourth-order valence-corrected chi connectivity index (χ4v) is 3.27. The van der Waals surface area contributed by atoms with Crippen LogP contribution in [0.4, 0.5) is 18.9 Å². The summed E-state index contributed by atoms with van der Waals surface area (Å²) >= 11 is 0. The van der Waals surface area contributed by atoms with Gasteiger partial charge in [0.15, 0.2) is 0 Å². The minimum atomic E-state index is -4.32. The van der Waals surface area contributed by atoms with Crippen molar-refractivity contribution in [1.29, 1.82) is 0 Å². The molecule has 1 aliphatic rings. The third-order valence-corrected chi connectivity index (χ3v) is 4.80. The van der Waals surface area contributed by atoms with Gasteiger partial charge >= 0.3 is 6.18 Å². The van der Waals surface area contributed by atoms with Crippen LogP contribution in [-0.4, -0.2) is 45.3 Å². The molecule has 0 bridgehead atoms. The molecule has 2 aromatic carbocycles. The lowest BCUT2D eigenvalue weighted by atomic mass is 10.1. The molecule has 27 heavy (non-hydrogen) atoms. The van der Waals surface area contributed by atoms with Crippen molar-refractivity contribution in [1.82, 2.24) is 4.90 Å². The van der Waals surface area contributed by atoms with Crippen molar-refractivity contribution >= 4 is 5.69 Å². The van der Waals surface area contributed by atoms with Gasteiger partial charge in [0, 0.05) is 50.0 Å². The molecule has 0 radical (unpaired) electrons. The van der Waals surface area contributed by atoms with Crippen molar-refractivity contribution < 1.29 is 22.6 Å². The fraction of sp³-hybridized carbons (Fsp3) is 0.400. The van der Waals surface area contributed by atoms with Gasteiger partial charge in [0.1, 0.15) is 11.5 Å². The van der Waals surface area contributed by atoms with Gasteiger partial charge in [-0.05, 0) is 24.3 Å². The molecule has 0 amide bonds. The molecule has 2 aromatic rings. The van der Waals surface area contributed by atoms with E-state index >= 15 is 0 Å². The Morgan fingerprint density at radius 1 is 0.926 bits per heavy atom. The van der Waals surface area contributed by atoms with Crippen LogP contribution >= 0.6 is 0 Å². The lowest BCUT2D eigenvalue weighted by Gasteiger charge is -2.36. The van der Waals surface area contributed by atoms with Gasteiger partial charge in [-0.25, -0.2) is 0 Å². The second-order valence-corrected chi connectivity index (χ2v) is 6.49. The standard InChI is InChI=1S/C20H23F3N2O2/c1-26-18-7-6-15(19(13-18)27-2)14-24-8-10-25(11-9-24)17-5-3-4-16(12-17)20(21,22)23/h3-7,12-13H,8-11,14H2,1-2H3. The van der Waals surface area contributed by atoms with E-state index in [4.69, 9.17) is 9.47 Å². The summed E-state index contributed by atoms with van der Waals surface area (Å²) in [5.41, 5.74) is 1.07. The van der Waals surface area contributed by atoms with Crippen LogP contribution in [0.1, 0.15) is 11.1 Å². The zero-order chi connectivity index (χ0) is 19.4. The predicted molar refractivity (Wildman–Crippen MR) is 98.5 cm³/mol. The number of nitrogens with zero attached hydrogens (tertiary/aromatic N) is 2. The summed E-state index contributed by atoms with van der Waals surface area (Å²) in [5.74, 6) is 1.51. The van der Waals surface area contributed by atoms with E-state index in [-0.39, 0.29) is 0 Å². The quantitative estimate of drug-likeness (QED) is 0.782. The molecule has 7 heteroatoms. The number of rotatable bonds is 5. The normalized spacial score (nSPS) is 15.7. The number of methoxy groups -OCH3 is 2. The summed E-state index contributed by atoms with van der Waals surface area (Å²) in [6, 6.07) is 11.3. The van der Waals surface area contributed by atoms with Crippen molar-refractivity contribution in [2.75, 3.05) is 45.3 Å². The molecule has 0 aromatic heterocycles. The number of hydrogen-bond donors (Lipinski definition) is 0. The highest BCUT2D eigenvalue weighted by molar-refractivity contribution is 5.49. The third kappa shape index (κ3) is 4.66. The van der Waals surface area contributed by atoms with Crippen LogP contribution < -0.4 is 14.4 Å². The largest absolute Gasteiger partial charge is 0.497 e. The Bertz CT molecular complexity index is 772. The van der Waals surface area contributed by atoms with Gasteiger partial charge in [0.05, 0.1) is 19.8 Å². The first kappa shape index (κ1) is 19.4. The molecule has 3 rings (SSSR count). The highest BCUT2D eigenvalue weighted by atomic mass is 19.4. The maximum Gasteiger partial charge on any atom is 0.416 e. The molecule has 0 spiro atoms. The Balaban J connectivity index is 1.63. The Morgan fingerprint density at radius 3 is 2.30 bits per heavy atom. The molecule has 0 N–H and O–H groups in total. The van der Waals surface area contributed by atoms with E-state index in [2.05, 4.69) is 4.90 Å². The molecule has 0 saturated carbocycles. The van der Waals surface area contributed by atoms with Crippen molar-refractivity contribution in [3.8, 4) is 11.5 Å². The lowest BCUT2D eigenvalue weighted by Crippen LogP contribution is -2.46. The molecule has 1 aliphatic heterocycles. The Morgan fingerprint density at radius 2 is 1.67 bits per heavy atom. The van der Waals surface area contributed by atoms with Crippen molar-refractivity contribution in [2.24, 2.45) is 0 Å². The molecule has 0 unspecified atom stereocenters. The summed E-state index contributed by atoms with van der Waals surface area (Å²) in [6.07, 6.45) is -4.32. The summed E-state index contributed by atoms with van der Waals surface area (Å²) in [4.78, 5) is 4.27. The Hall–Kier alpha value is -2.41. The monoisotopic (exact) mass is 380 g/mol. The number of benzene rings is 2. The van der Waals surface area contributed by atoms with E-state index in [1.807, 2.05) is 23.1 Å². The topological polar surface area (TPSA) is 24.9 Å². The van der Waals surface area contributed by atoms with Crippen LogP contribution in [0, 0.1) is 0 Å². The van der Waals surface area contributed by atoms with Crippen molar-refractivity contribution in [3.05, 3.63) is 53.6 Å². The van der Waals surface area contributed by atoms with E-state index in [1.54, 1.807) is 20.3 Å². The van der Waals surface area contributed by atoms with Gasteiger partial charge in [0.2, 0.25) is 0 Å². The van der Waals surface area contributed by atoms with Crippen LogP contribution in [0.2, 0.25) is 0 Å².